The van der Waals surface area contributed by atoms with E-state index in [0.29, 0.717) is 36.5 Å². The number of hydrogen-bond donors (Lipinski definition) is 1. The Hall–Kier alpha value is -4.46. The van der Waals surface area contributed by atoms with Crippen LogP contribution >= 0.6 is 0 Å². The summed E-state index contributed by atoms with van der Waals surface area (Å²) in [7, 11) is 0. The van der Waals surface area contributed by atoms with E-state index in [1.54, 1.807) is 23.1 Å². The minimum absolute atomic E-state index is 0.0236. The van der Waals surface area contributed by atoms with Crippen molar-refractivity contribution >= 4 is 22.8 Å². The maximum Gasteiger partial charge on any atom is 0.260 e. The zero-order valence-corrected chi connectivity index (χ0v) is 18.9. The fourth-order valence-electron chi connectivity index (χ4n) is 4.76. The Morgan fingerprint density at radius 1 is 0.943 bits per heavy atom. The van der Waals surface area contributed by atoms with Crippen molar-refractivity contribution in [1.82, 2.24) is 25.2 Å². The lowest BCUT2D eigenvalue weighted by atomic mass is 10.1. The van der Waals surface area contributed by atoms with Crippen LogP contribution in [0.4, 0.5) is 0 Å². The van der Waals surface area contributed by atoms with Crippen molar-refractivity contribution in [2.24, 2.45) is 5.92 Å². The second-order valence-corrected chi connectivity index (χ2v) is 8.81. The van der Waals surface area contributed by atoms with E-state index in [4.69, 9.17) is 4.74 Å². The highest BCUT2D eigenvalue weighted by Gasteiger charge is 2.37. The number of carbonyl (C=O) groups is 2. The summed E-state index contributed by atoms with van der Waals surface area (Å²) in [6.45, 7) is 1.64. The van der Waals surface area contributed by atoms with Crippen molar-refractivity contribution in [2.75, 3.05) is 26.2 Å². The first-order chi connectivity index (χ1) is 17.2. The van der Waals surface area contributed by atoms with E-state index in [-0.39, 0.29) is 24.3 Å². The van der Waals surface area contributed by atoms with Gasteiger partial charge in [-0.1, -0.05) is 48.5 Å². The molecule has 4 aromatic rings. The lowest BCUT2D eigenvalue weighted by Gasteiger charge is -2.20. The first kappa shape index (κ1) is 21.1. The average molecular weight is 466 g/mol. The number of carbonyl (C=O) groups excluding carboxylic acids is 2. The van der Waals surface area contributed by atoms with Crippen LogP contribution in [0.1, 0.15) is 10.4 Å². The molecule has 0 unspecified atom stereocenters. The average Bonchev–Trinajstić information content (AvgIpc) is 3.62. The number of H-pyrrole nitrogens is 1. The highest BCUT2D eigenvalue weighted by molar-refractivity contribution is 5.98. The number of nitrogens with zero attached hydrogens (tertiary/aromatic N) is 4. The molecule has 1 N–H and O–H groups in total. The van der Waals surface area contributed by atoms with Gasteiger partial charge < -0.3 is 14.5 Å². The summed E-state index contributed by atoms with van der Waals surface area (Å²) in [5, 5.41) is 10.6. The van der Waals surface area contributed by atoms with Crippen LogP contribution in [0, 0.1) is 5.92 Å². The number of rotatable bonds is 5. The Morgan fingerprint density at radius 3 is 2.60 bits per heavy atom. The van der Waals surface area contributed by atoms with Gasteiger partial charge in [0.2, 0.25) is 0 Å². The molecule has 0 bridgehead atoms. The maximum absolute atomic E-state index is 13.0. The van der Waals surface area contributed by atoms with Crippen molar-refractivity contribution in [1.29, 1.82) is 0 Å². The van der Waals surface area contributed by atoms with Crippen molar-refractivity contribution < 1.29 is 14.3 Å². The number of amides is 2. The molecule has 0 radical (unpaired) electrons. The predicted molar refractivity (Wildman–Crippen MR) is 130 cm³/mol. The number of para-hydroxylation sites is 1. The molecule has 3 aromatic carbocycles. The van der Waals surface area contributed by atoms with E-state index in [1.165, 1.54) is 0 Å². The molecule has 0 spiro atoms. The van der Waals surface area contributed by atoms with Gasteiger partial charge in [0.05, 0.1) is 0 Å². The molecule has 3 heterocycles. The molecule has 8 nitrogen and oxygen atoms in total. The van der Waals surface area contributed by atoms with Crippen LogP contribution in [-0.2, 0) is 4.79 Å². The maximum atomic E-state index is 13.0. The molecule has 8 heteroatoms. The minimum atomic E-state index is -0.0736. The molecule has 2 aliphatic rings. The van der Waals surface area contributed by atoms with Gasteiger partial charge in [0.1, 0.15) is 16.8 Å². The zero-order valence-electron chi connectivity index (χ0n) is 18.9. The number of aromatic nitrogens is 3. The first-order valence-electron chi connectivity index (χ1n) is 11.5. The Kier molecular flexibility index (Phi) is 5.25. The smallest absolute Gasteiger partial charge is 0.260 e. The molecular weight excluding hydrogens is 442 g/mol. The molecular formula is C27H23N5O3. The molecule has 35 heavy (non-hydrogen) atoms. The number of fused-ring (bicyclic) bond motifs is 2. The van der Waals surface area contributed by atoms with Crippen LogP contribution in [0.25, 0.3) is 22.2 Å². The highest BCUT2D eigenvalue weighted by atomic mass is 16.5. The van der Waals surface area contributed by atoms with Crippen LogP contribution in [0.15, 0.2) is 84.6 Å². The lowest BCUT2D eigenvalue weighted by Crippen LogP contribution is -2.35. The SMILES string of the molecule is O=C(c1ccc2n[nH]nc2c1)N1C=C2CN(C(=O)COc3ccccc3-c3ccccc3)C[C@H]2C1. The summed E-state index contributed by atoms with van der Waals surface area (Å²) in [5.41, 5.74) is 5.05. The summed E-state index contributed by atoms with van der Waals surface area (Å²) in [5.74, 6) is 0.704. The molecule has 1 fully saturated rings. The standard InChI is InChI=1S/C27H23N5O3/c33-26(17-35-25-9-5-4-8-22(25)18-6-2-1-3-7-18)31-13-20-15-32(16-21(20)14-31)27(34)19-10-11-23-24(12-19)29-30-28-23/h1-12,15,21H,13-14,16-17H2,(H,28,29,30)/t21-/m0/s1. The quantitative estimate of drug-likeness (QED) is 0.487. The molecule has 1 saturated heterocycles. The molecule has 6 rings (SSSR count). The predicted octanol–water partition coefficient (Wildman–Crippen LogP) is 3.50. The van der Waals surface area contributed by atoms with E-state index in [2.05, 4.69) is 15.4 Å². The van der Waals surface area contributed by atoms with E-state index in [1.807, 2.05) is 65.7 Å². The molecule has 0 saturated carbocycles. The molecule has 1 atom stereocenters. The fourth-order valence-corrected chi connectivity index (χ4v) is 4.76. The number of benzene rings is 3. The fraction of sp³-hybridized carbons (Fsp3) is 0.185. The van der Waals surface area contributed by atoms with Crippen LogP contribution in [0.2, 0.25) is 0 Å². The summed E-state index contributed by atoms with van der Waals surface area (Å²) < 4.78 is 5.94. The third kappa shape index (κ3) is 4.03. The number of hydrogen-bond acceptors (Lipinski definition) is 5. The van der Waals surface area contributed by atoms with Crippen LogP contribution in [0.5, 0.6) is 5.75 Å². The van der Waals surface area contributed by atoms with Gasteiger partial charge in [0.15, 0.2) is 6.61 Å². The molecule has 2 aliphatic heterocycles. The van der Waals surface area contributed by atoms with Gasteiger partial charge in [0, 0.05) is 42.9 Å². The Balaban J connectivity index is 1.09. The van der Waals surface area contributed by atoms with Gasteiger partial charge >= 0.3 is 0 Å². The van der Waals surface area contributed by atoms with Crippen LogP contribution in [-0.4, -0.2) is 63.3 Å². The first-order valence-corrected chi connectivity index (χ1v) is 11.5. The zero-order chi connectivity index (χ0) is 23.8. The Labute approximate surface area is 201 Å². The largest absolute Gasteiger partial charge is 0.483 e. The van der Waals surface area contributed by atoms with Gasteiger partial charge in [0.25, 0.3) is 11.8 Å². The van der Waals surface area contributed by atoms with Crippen molar-refractivity contribution in [2.45, 2.75) is 0 Å². The van der Waals surface area contributed by atoms with Gasteiger partial charge in [-0.3, -0.25) is 9.59 Å². The summed E-state index contributed by atoms with van der Waals surface area (Å²) in [4.78, 5) is 29.4. The van der Waals surface area contributed by atoms with Gasteiger partial charge in [-0.2, -0.15) is 15.4 Å². The number of aromatic amines is 1. The third-order valence-electron chi connectivity index (χ3n) is 6.58. The summed E-state index contributed by atoms with van der Waals surface area (Å²) in [6, 6.07) is 23.0. The van der Waals surface area contributed by atoms with E-state index in [0.717, 1.165) is 22.2 Å². The van der Waals surface area contributed by atoms with E-state index < -0.39 is 0 Å². The van der Waals surface area contributed by atoms with E-state index in [9.17, 15) is 9.59 Å². The second-order valence-electron chi connectivity index (χ2n) is 8.81. The van der Waals surface area contributed by atoms with Crippen LogP contribution in [0.3, 0.4) is 0 Å². The Morgan fingerprint density at radius 2 is 1.74 bits per heavy atom. The summed E-state index contributed by atoms with van der Waals surface area (Å²) >= 11 is 0. The molecule has 2 amide bonds. The van der Waals surface area contributed by atoms with Crippen molar-refractivity contribution in [3.8, 4) is 16.9 Å². The monoisotopic (exact) mass is 465 g/mol. The number of ether oxygens (including phenoxy) is 1. The van der Waals surface area contributed by atoms with E-state index >= 15 is 0 Å². The van der Waals surface area contributed by atoms with Gasteiger partial charge in [-0.15, -0.1) is 0 Å². The number of nitrogens with one attached hydrogen (secondary N) is 1. The Bertz CT molecular complexity index is 1450. The van der Waals surface area contributed by atoms with Gasteiger partial charge in [-0.25, -0.2) is 0 Å². The molecule has 0 aliphatic carbocycles. The highest BCUT2D eigenvalue weighted by Crippen LogP contribution is 2.32. The van der Waals surface area contributed by atoms with Crippen molar-refractivity contribution in [3.05, 3.63) is 90.1 Å². The van der Waals surface area contributed by atoms with Crippen LogP contribution < -0.4 is 4.74 Å². The molecule has 174 valence electrons. The lowest BCUT2D eigenvalue weighted by molar-refractivity contribution is -0.132. The summed E-state index contributed by atoms with van der Waals surface area (Å²) in [6.07, 6.45) is 1.89. The normalized spacial score (nSPS) is 16.9. The molecule has 1 aromatic heterocycles. The number of likely N-dealkylation sites (tertiary alicyclic amines) is 1. The van der Waals surface area contributed by atoms with Crippen molar-refractivity contribution in [3.63, 3.8) is 0 Å². The topological polar surface area (TPSA) is 91.4 Å². The van der Waals surface area contributed by atoms with Gasteiger partial charge in [-0.05, 0) is 35.4 Å². The third-order valence-corrected chi connectivity index (χ3v) is 6.58. The minimum Gasteiger partial charge on any atom is -0.483 e. The second kappa shape index (κ2) is 8.72.